The highest BCUT2D eigenvalue weighted by atomic mass is 35.5. The fraction of sp³-hybridized carbons (Fsp3) is 0.207. The number of nitrogens with zero attached hydrogens (tertiary/aromatic N) is 2. The lowest BCUT2D eigenvalue weighted by Crippen LogP contribution is -2.21. The van der Waals surface area contributed by atoms with Crippen LogP contribution in [-0.4, -0.2) is 56.8 Å². The molecule has 0 aliphatic rings. The zero-order valence-electron chi connectivity index (χ0n) is 20.9. The quantitative estimate of drug-likeness (QED) is 0.249. The zero-order valence-corrected chi connectivity index (χ0v) is 21.7. The predicted molar refractivity (Wildman–Crippen MR) is 147 cm³/mol. The molecule has 1 heterocycles. The van der Waals surface area contributed by atoms with Crippen LogP contribution in [0.5, 0.6) is 5.75 Å². The highest BCUT2D eigenvalue weighted by Crippen LogP contribution is 2.39. The van der Waals surface area contributed by atoms with E-state index in [-0.39, 0.29) is 22.2 Å². The Hall–Kier alpha value is -3.94. The van der Waals surface area contributed by atoms with Gasteiger partial charge in [0.15, 0.2) is 5.75 Å². The van der Waals surface area contributed by atoms with E-state index in [1.165, 1.54) is 31.8 Å². The van der Waals surface area contributed by atoms with Gasteiger partial charge < -0.3 is 20.2 Å². The number of benzene rings is 3. The van der Waals surface area contributed by atoms with Crippen molar-refractivity contribution in [2.45, 2.75) is 20.8 Å². The van der Waals surface area contributed by atoms with Crippen molar-refractivity contribution in [3.8, 4) is 28.1 Å². The van der Waals surface area contributed by atoms with E-state index in [9.17, 15) is 19.8 Å². The Bertz CT molecular complexity index is 1390. The second-order valence-corrected chi connectivity index (χ2v) is 8.64. The summed E-state index contributed by atoms with van der Waals surface area (Å²) in [5, 5.41) is 30.3. The lowest BCUT2D eigenvalue weighted by Gasteiger charge is -2.14. The summed E-state index contributed by atoms with van der Waals surface area (Å²) in [5.41, 5.74) is 2.17. The van der Waals surface area contributed by atoms with Gasteiger partial charge in [0.25, 0.3) is 0 Å². The lowest BCUT2D eigenvalue weighted by molar-refractivity contribution is 0.0685. The minimum absolute atomic E-state index is 0.117. The number of aromatic nitrogens is 1. The van der Waals surface area contributed by atoms with Gasteiger partial charge in [-0.2, -0.15) is 0 Å². The van der Waals surface area contributed by atoms with Gasteiger partial charge in [-0.05, 0) is 49.5 Å². The normalized spacial score (nSPS) is 10.7. The molecule has 0 atom stereocenters. The van der Waals surface area contributed by atoms with E-state index in [1.807, 2.05) is 0 Å². The van der Waals surface area contributed by atoms with E-state index in [1.54, 1.807) is 54.6 Å². The first kappa shape index (κ1) is 27.6. The maximum Gasteiger partial charge on any atom is 0.340 e. The summed E-state index contributed by atoms with van der Waals surface area (Å²) in [6.45, 7) is 10.1. The second-order valence-electron chi connectivity index (χ2n) is 8.20. The Balaban J connectivity index is 0.000000479. The van der Waals surface area contributed by atoms with E-state index in [0.29, 0.717) is 27.2 Å². The fourth-order valence-electron chi connectivity index (χ4n) is 4.00. The molecule has 0 spiro atoms. The van der Waals surface area contributed by atoms with Gasteiger partial charge in [0.1, 0.15) is 11.3 Å². The van der Waals surface area contributed by atoms with Crippen LogP contribution in [0.2, 0.25) is 5.02 Å². The topological polar surface area (TPSA) is 111 Å². The number of carboxylic acid groups (broad SMARTS) is 2. The molecule has 0 radical (unpaired) electrons. The molecule has 0 bridgehead atoms. The maximum absolute atomic E-state index is 12.0. The van der Waals surface area contributed by atoms with Gasteiger partial charge in [0.2, 0.25) is 0 Å². The molecule has 3 N–H and O–H groups in total. The largest absolute Gasteiger partial charge is 0.505 e. The molecule has 0 saturated carbocycles. The molecule has 0 aliphatic carbocycles. The standard InChI is InChI=1S/C23H14ClNO5.C6H15N/c24-15-10-8-13(9-11-15)19-21(26)18(23(29)30)17-3-1-2-16(20(17)25-19)12-4-6-14(7-5-12)22(27)28;1-4-7(5-2)6-3/h1-11,26H,(H,27,28)(H,29,30);4-6H2,1-3H3. The molecule has 0 aliphatic heterocycles. The van der Waals surface area contributed by atoms with E-state index in [2.05, 4.69) is 30.7 Å². The minimum Gasteiger partial charge on any atom is -0.505 e. The van der Waals surface area contributed by atoms with Crippen LogP contribution in [0.15, 0.2) is 66.7 Å². The average molecular weight is 521 g/mol. The Kier molecular flexibility index (Phi) is 9.22. The molecule has 7 nitrogen and oxygen atoms in total. The van der Waals surface area contributed by atoms with Crippen molar-refractivity contribution in [2.24, 2.45) is 0 Å². The summed E-state index contributed by atoms with van der Waals surface area (Å²) >= 11 is 5.94. The van der Waals surface area contributed by atoms with Crippen LogP contribution in [0.1, 0.15) is 41.5 Å². The van der Waals surface area contributed by atoms with Crippen LogP contribution in [0.4, 0.5) is 0 Å². The van der Waals surface area contributed by atoms with Crippen molar-refractivity contribution in [1.82, 2.24) is 9.88 Å². The van der Waals surface area contributed by atoms with Crippen molar-refractivity contribution in [1.29, 1.82) is 0 Å². The molecule has 0 saturated heterocycles. The third-order valence-electron chi connectivity index (χ3n) is 6.11. The third kappa shape index (κ3) is 6.25. The maximum atomic E-state index is 12.0. The number of pyridine rings is 1. The van der Waals surface area contributed by atoms with Gasteiger partial charge in [-0.15, -0.1) is 0 Å². The number of hydrogen-bond acceptors (Lipinski definition) is 5. The van der Waals surface area contributed by atoms with Crippen molar-refractivity contribution < 1.29 is 24.9 Å². The Morgan fingerprint density at radius 2 is 1.38 bits per heavy atom. The molecule has 192 valence electrons. The summed E-state index contributed by atoms with van der Waals surface area (Å²) in [6.07, 6.45) is 0. The first-order valence-corrected chi connectivity index (χ1v) is 12.3. The third-order valence-corrected chi connectivity index (χ3v) is 6.36. The molecular weight excluding hydrogens is 492 g/mol. The Labute approximate surface area is 220 Å². The number of carbonyl (C=O) groups is 2. The van der Waals surface area contributed by atoms with Gasteiger partial charge in [-0.25, -0.2) is 14.6 Å². The van der Waals surface area contributed by atoms with Gasteiger partial charge in [0, 0.05) is 21.5 Å². The number of para-hydroxylation sites is 1. The fourth-order valence-corrected chi connectivity index (χ4v) is 4.12. The van der Waals surface area contributed by atoms with Crippen LogP contribution in [0.3, 0.4) is 0 Å². The number of halogens is 1. The first-order chi connectivity index (χ1) is 17.7. The number of aromatic carboxylic acids is 2. The van der Waals surface area contributed by atoms with Crippen LogP contribution in [0.25, 0.3) is 33.3 Å². The highest BCUT2D eigenvalue weighted by Gasteiger charge is 2.22. The SMILES string of the molecule is CCN(CC)CC.O=C(O)c1ccc(-c2cccc3c(C(=O)O)c(O)c(-c4ccc(Cl)cc4)nc23)cc1. The highest BCUT2D eigenvalue weighted by molar-refractivity contribution is 6.30. The smallest absolute Gasteiger partial charge is 0.340 e. The van der Waals surface area contributed by atoms with E-state index >= 15 is 0 Å². The number of rotatable bonds is 7. The number of fused-ring (bicyclic) bond motifs is 1. The lowest BCUT2D eigenvalue weighted by atomic mass is 9.96. The van der Waals surface area contributed by atoms with Crippen molar-refractivity contribution in [3.63, 3.8) is 0 Å². The number of aromatic hydroxyl groups is 1. The first-order valence-electron chi connectivity index (χ1n) is 11.9. The van der Waals surface area contributed by atoms with E-state index in [0.717, 1.165) is 0 Å². The van der Waals surface area contributed by atoms with Crippen LogP contribution >= 0.6 is 11.6 Å². The molecule has 8 heteroatoms. The molecule has 4 aromatic rings. The monoisotopic (exact) mass is 520 g/mol. The van der Waals surface area contributed by atoms with Crippen molar-refractivity contribution in [3.05, 3.63) is 82.9 Å². The molecule has 3 aromatic carbocycles. The van der Waals surface area contributed by atoms with Crippen LogP contribution < -0.4 is 0 Å². The summed E-state index contributed by atoms with van der Waals surface area (Å²) in [4.78, 5) is 30.0. The summed E-state index contributed by atoms with van der Waals surface area (Å²) in [6, 6.07) is 17.7. The van der Waals surface area contributed by atoms with Gasteiger partial charge >= 0.3 is 11.9 Å². The minimum atomic E-state index is -1.28. The summed E-state index contributed by atoms with van der Waals surface area (Å²) < 4.78 is 0. The molecular formula is C29H29ClN2O5. The van der Waals surface area contributed by atoms with Crippen LogP contribution in [0, 0.1) is 0 Å². The molecule has 37 heavy (non-hydrogen) atoms. The van der Waals surface area contributed by atoms with Crippen molar-refractivity contribution >= 4 is 34.4 Å². The van der Waals surface area contributed by atoms with Gasteiger partial charge in [0.05, 0.1) is 11.1 Å². The summed E-state index contributed by atoms with van der Waals surface area (Å²) in [7, 11) is 0. The molecule has 0 unspecified atom stereocenters. The molecule has 0 amide bonds. The molecule has 4 rings (SSSR count). The number of hydrogen-bond donors (Lipinski definition) is 3. The van der Waals surface area contributed by atoms with Gasteiger partial charge in [-0.3, -0.25) is 0 Å². The van der Waals surface area contributed by atoms with Gasteiger partial charge in [-0.1, -0.05) is 74.8 Å². The summed E-state index contributed by atoms with van der Waals surface area (Å²) in [5.74, 6) is -2.76. The Morgan fingerprint density at radius 1 is 0.811 bits per heavy atom. The molecule has 0 fully saturated rings. The average Bonchev–Trinajstić information content (AvgIpc) is 2.89. The second kappa shape index (κ2) is 12.3. The zero-order chi connectivity index (χ0) is 27.1. The Morgan fingerprint density at radius 3 is 1.86 bits per heavy atom. The molecule has 1 aromatic heterocycles. The number of carboxylic acids is 2. The van der Waals surface area contributed by atoms with Crippen LogP contribution in [-0.2, 0) is 0 Å². The van der Waals surface area contributed by atoms with Crippen molar-refractivity contribution in [2.75, 3.05) is 19.6 Å². The van der Waals surface area contributed by atoms with E-state index < -0.39 is 17.7 Å². The van der Waals surface area contributed by atoms with E-state index in [4.69, 9.17) is 16.7 Å². The predicted octanol–water partition coefficient (Wildman–Crippen LogP) is 6.67.